The van der Waals surface area contributed by atoms with Crippen LogP contribution >= 0.6 is 0 Å². The van der Waals surface area contributed by atoms with Crippen LogP contribution in [0.3, 0.4) is 0 Å². The molecule has 2 nitrogen and oxygen atoms in total. The predicted molar refractivity (Wildman–Crippen MR) is 49.7 cm³/mol. The summed E-state index contributed by atoms with van der Waals surface area (Å²) in [5.74, 6) is 2.11. The number of carbonyl (C=O) groups excluding carboxylic acids is 1. The Kier molecular flexibility index (Phi) is 2.76. The van der Waals surface area contributed by atoms with Crippen molar-refractivity contribution in [3.8, 4) is 0 Å². The fourth-order valence-corrected chi connectivity index (χ4v) is 2.11. The molecule has 0 spiro atoms. The van der Waals surface area contributed by atoms with E-state index >= 15 is 0 Å². The number of nitrogens with one attached hydrogen (secondary N) is 1. The molecule has 1 fully saturated rings. The lowest BCUT2D eigenvalue weighted by Gasteiger charge is -2.22. The Labute approximate surface area is 74.7 Å². The van der Waals surface area contributed by atoms with Crippen LogP contribution < -0.4 is 5.32 Å². The van der Waals surface area contributed by atoms with E-state index < -0.39 is 0 Å². The van der Waals surface area contributed by atoms with E-state index in [9.17, 15) is 4.79 Å². The summed E-state index contributed by atoms with van der Waals surface area (Å²) < 4.78 is 0. The van der Waals surface area contributed by atoms with Crippen molar-refractivity contribution in [3.05, 3.63) is 0 Å². The van der Waals surface area contributed by atoms with Gasteiger partial charge < -0.3 is 5.32 Å². The van der Waals surface area contributed by atoms with Crippen LogP contribution in [0.25, 0.3) is 0 Å². The Morgan fingerprint density at radius 2 is 1.83 bits per heavy atom. The van der Waals surface area contributed by atoms with Gasteiger partial charge >= 0.3 is 0 Å². The fourth-order valence-electron chi connectivity index (χ4n) is 2.11. The molecule has 0 aromatic carbocycles. The molecule has 1 aliphatic heterocycles. The zero-order chi connectivity index (χ0) is 9.30. The molecule has 1 amide bonds. The summed E-state index contributed by atoms with van der Waals surface area (Å²) in [5, 5.41) is 2.94. The molecule has 0 unspecified atom stereocenters. The molecule has 0 aromatic heterocycles. The minimum atomic E-state index is 0.241. The lowest BCUT2D eigenvalue weighted by atomic mass is 9.79. The average molecular weight is 169 g/mol. The molecule has 0 saturated carbocycles. The number of rotatable bonds is 2. The second-order valence-electron chi connectivity index (χ2n) is 4.42. The van der Waals surface area contributed by atoms with Crippen molar-refractivity contribution in [1.82, 2.24) is 5.32 Å². The van der Waals surface area contributed by atoms with Gasteiger partial charge in [0.1, 0.15) is 0 Å². The molecule has 1 saturated heterocycles. The number of hydrogen-bond donors (Lipinski definition) is 1. The lowest BCUT2D eigenvalue weighted by Crippen LogP contribution is -2.26. The van der Waals surface area contributed by atoms with E-state index in [0.717, 1.165) is 6.54 Å². The second-order valence-corrected chi connectivity index (χ2v) is 4.42. The lowest BCUT2D eigenvalue weighted by molar-refractivity contribution is -0.124. The van der Waals surface area contributed by atoms with Crippen LogP contribution in [-0.4, -0.2) is 12.5 Å². The van der Waals surface area contributed by atoms with Crippen LogP contribution in [0.5, 0.6) is 0 Å². The normalized spacial score (nSPS) is 30.0. The predicted octanol–water partition coefficient (Wildman–Crippen LogP) is 1.66. The zero-order valence-corrected chi connectivity index (χ0v) is 8.42. The van der Waals surface area contributed by atoms with Crippen LogP contribution in [0.1, 0.15) is 27.7 Å². The molecular formula is C10H19NO. The van der Waals surface area contributed by atoms with Crippen molar-refractivity contribution in [3.63, 3.8) is 0 Å². The minimum absolute atomic E-state index is 0.241. The monoisotopic (exact) mass is 169 g/mol. The molecule has 0 radical (unpaired) electrons. The van der Waals surface area contributed by atoms with Gasteiger partial charge in [-0.3, -0.25) is 4.79 Å². The highest BCUT2D eigenvalue weighted by molar-refractivity contribution is 5.81. The van der Waals surface area contributed by atoms with E-state index in [1.54, 1.807) is 0 Å². The maximum atomic E-state index is 11.4. The van der Waals surface area contributed by atoms with Gasteiger partial charge in [0, 0.05) is 12.5 Å². The molecule has 1 aliphatic rings. The second kappa shape index (κ2) is 3.46. The largest absolute Gasteiger partial charge is 0.356 e. The summed E-state index contributed by atoms with van der Waals surface area (Å²) in [6, 6.07) is 0. The van der Waals surface area contributed by atoms with E-state index in [1.807, 2.05) is 0 Å². The smallest absolute Gasteiger partial charge is 0.223 e. The Balaban J connectivity index is 2.70. The quantitative estimate of drug-likeness (QED) is 0.669. The van der Waals surface area contributed by atoms with Crippen molar-refractivity contribution >= 4 is 5.91 Å². The van der Waals surface area contributed by atoms with Gasteiger partial charge in [0.05, 0.1) is 0 Å². The van der Waals surface area contributed by atoms with Gasteiger partial charge in [-0.25, -0.2) is 0 Å². The number of hydrogen-bond acceptors (Lipinski definition) is 1. The molecule has 70 valence electrons. The highest BCUT2D eigenvalue weighted by Gasteiger charge is 2.37. The summed E-state index contributed by atoms with van der Waals surface area (Å²) in [7, 11) is 0. The van der Waals surface area contributed by atoms with Crippen molar-refractivity contribution in [1.29, 1.82) is 0 Å². The van der Waals surface area contributed by atoms with Crippen LogP contribution in [0.4, 0.5) is 0 Å². The van der Waals surface area contributed by atoms with E-state index in [0.29, 0.717) is 17.8 Å². The molecule has 2 heteroatoms. The van der Waals surface area contributed by atoms with E-state index in [4.69, 9.17) is 0 Å². The third kappa shape index (κ3) is 1.62. The number of carbonyl (C=O) groups is 1. The van der Waals surface area contributed by atoms with Gasteiger partial charge in [-0.15, -0.1) is 0 Å². The van der Waals surface area contributed by atoms with E-state index in [1.165, 1.54) is 0 Å². The van der Waals surface area contributed by atoms with Gasteiger partial charge in [0.25, 0.3) is 0 Å². The molecule has 0 bridgehead atoms. The Morgan fingerprint density at radius 3 is 2.17 bits per heavy atom. The molecule has 2 atom stereocenters. The van der Waals surface area contributed by atoms with Gasteiger partial charge in [-0.2, -0.15) is 0 Å². The topological polar surface area (TPSA) is 29.1 Å². The van der Waals surface area contributed by atoms with Gasteiger partial charge in [-0.05, 0) is 17.8 Å². The molecule has 12 heavy (non-hydrogen) atoms. The van der Waals surface area contributed by atoms with Crippen molar-refractivity contribution in [2.24, 2.45) is 23.7 Å². The van der Waals surface area contributed by atoms with Crippen LogP contribution in [-0.2, 0) is 4.79 Å². The maximum absolute atomic E-state index is 11.4. The summed E-state index contributed by atoms with van der Waals surface area (Å²) in [6.07, 6.45) is 0. The summed E-state index contributed by atoms with van der Waals surface area (Å²) in [6.45, 7) is 9.52. The maximum Gasteiger partial charge on any atom is 0.223 e. The fraction of sp³-hybridized carbons (Fsp3) is 0.900. The SMILES string of the molecule is CC(C)[C@@H]1CNC(=O)[C@H]1C(C)C. The summed E-state index contributed by atoms with van der Waals surface area (Å²) in [4.78, 5) is 11.4. The summed E-state index contributed by atoms with van der Waals surface area (Å²) >= 11 is 0. The molecular weight excluding hydrogens is 150 g/mol. The number of amides is 1. The molecule has 0 aliphatic carbocycles. The zero-order valence-electron chi connectivity index (χ0n) is 8.42. The molecule has 1 N–H and O–H groups in total. The van der Waals surface area contributed by atoms with Crippen LogP contribution in [0.2, 0.25) is 0 Å². The molecule has 1 heterocycles. The Bertz CT molecular complexity index is 175. The van der Waals surface area contributed by atoms with Crippen LogP contribution in [0, 0.1) is 23.7 Å². The minimum Gasteiger partial charge on any atom is -0.356 e. The van der Waals surface area contributed by atoms with Crippen molar-refractivity contribution in [2.45, 2.75) is 27.7 Å². The van der Waals surface area contributed by atoms with E-state index in [-0.39, 0.29) is 11.8 Å². The van der Waals surface area contributed by atoms with Gasteiger partial charge in [0.2, 0.25) is 5.91 Å². The van der Waals surface area contributed by atoms with Crippen LogP contribution in [0.15, 0.2) is 0 Å². The van der Waals surface area contributed by atoms with E-state index in [2.05, 4.69) is 33.0 Å². The first-order chi connectivity index (χ1) is 5.54. The van der Waals surface area contributed by atoms with Crippen molar-refractivity contribution < 1.29 is 4.79 Å². The standard InChI is InChI=1S/C10H19NO/c1-6(2)8-5-11-10(12)9(8)7(3)4/h6-9H,5H2,1-4H3,(H,11,12)/t8-,9-/m0/s1. The first-order valence-electron chi connectivity index (χ1n) is 4.81. The third-order valence-electron chi connectivity index (χ3n) is 2.85. The molecule has 1 rings (SSSR count). The first kappa shape index (κ1) is 9.56. The summed E-state index contributed by atoms with van der Waals surface area (Å²) in [5.41, 5.74) is 0. The third-order valence-corrected chi connectivity index (χ3v) is 2.85. The van der Waals surface area contributed by atoms with Gasteiger partial charge in [-0.1, -0.05) is 27.7 Å². The first-order valence-corrected chi connectivity index (χ1v) is 4.81. The highest BCUT2D eigenvalue weighted by atomic mass is 16.2. The Hall–Kier alpha value is -0.530. The highest BCUT2D eigenvalue weighted by Crippen LogP contribution is 2.30. The van der Waals surface area contributed by atoms with Gasteiger partial charge in [0.15, 0.2) is 0 Å². The average Bonchev–Trinajstić information content (AvgIpc) is 2.30. The van der Waals surface area contributed by atoms with Crippen molar-refractivity contribution in [2.75, 3.05) is 6.54 Å². The Morgan fingerprint density at radius 1 is 1.25 bits per heavy atom. The molecule has 0 aromatic rings.